The van der Waals surface area contributed by atoms with Gasteiger partial charge in [0, 0.05) is 5.39 Å². The van der Waals surface area contributed by atoms with Gasteiger partial charge in [0.2, 0.25) is 12.3 Å². The highest BCUT2D eigenvalue weighted by molar-refractivity contribution is 6.15. The predicted octanol–water partition coefficient (Wildman–Crippen LogP) is 4.19. The molecule has 136 valence electrons. The number of phenolic OH excluding ortho intramolecular Hbond substituents is 1. The van der Waals surface area contributed by atoms with Crippen LogP contribution in [-0.2, 0) is 7.05 Å². The van der Waals surface area contributed by atoms with Gasteiger partial charge in [0.1, 0.15) is 7.05 Å². The molecule has 0 aliphatic carbocycles. The van der Waals surface area contributed by atoms with Crippen LogP contribution >= 0.6 is 0 Å². The Balaban J connectivity index is 1.85. The van der Waals surface area contributed by atoms with Crippen LogP contribution in [0.4, 0.5) is 0 Å². The van der Waals surface area contributed by atoms with Crippen LogP contribution in [0.3, 0.4) is 0 Å². The summed E-state index contributed by atoms with van der Waals surface area (Å²) in [6.45, 7) is 4.14. The summed E-state index contributed by atoms with van der Waals surface area (Å²) >= 11 is 0. The molecular weight excluding hydrogens is 342 g/mol. The van der Waals surface area contributed by atoms with Crippen LogP contribution in [0.1, 0.15) is 13.8 Å². The largest absolute Gasteiger partial charge is 0.504 e. The molecule has 0 unspecified atom stereocenters. The second-order valence-electron chi connectivity index (χ2n) is 7.17. The van der Waals surface area contributed by atoms with Crippen molar-refractivity contribution in [3.8, 4) is 23.0 Å². The first kappa shape index (κ1) is 16.0. The molecular formula is C22H20NO4+. The van der Waals surface area contributed by atoms with Crippen molar-refractivity contribution in [3.05, 3.63) is 42.6 Å². The molecule has 0 bridgehead atoms. The highest BCUT2D eigenvalue weighted by atomic mass is 16.7. The molecule has 4 aromatic rings. The highest BCUT2D eigenvalue weighted by Gasteiger charge is 2.21. The van der Waals surface area contributed by atoms with Gasteiger partial charge in [-0.1, -0.05) is 6.07 Å². The van der Waals surface area contributed by atoms with Crippen LogP contribution in [0.2, 0.25) is 0 Å². The van der Waals surface area contributed by atoms with Crippen molar-refractivity contribution < 1.29 is 23.9 Å². The Kier molecular flexibility index (Phi) is 3.34. The van der Waals surface area contributed by atoms with Gasteiger partial charge >= 0.3 is 0 Å². The van der Waals surface area contributed by atoms with Crippen LogP contribution in [0.15, 0.2) is 42.6 Å². The lowest BCUT2D eigenvalue weighted by atomic mass is 10.00. The van der Waals surface area contributed by atoms with E-state index < -0.39 is 0 Å². The van der Waals surface area contributed by atoms with Crippen molar-refractivity contribution in [2.24, 2.45) is 7.05 Å². The van der Waals surface area contributed by atoms with Crippen LogP contribution in [0.25, 0.3) is 32.4 Å². The predicted molar refractivity (Wildman–Crippen MR) is 104 cm³/mol. The summed E-state index contributed by atoms with van der Waals surface area (Å²) in [5.41, 5.74) is 1.08. The normalized spacial score (nSPS) is 13.2. The van der Waals surface area contributed by atoms with Gasteiger partial charge in [-0.3, -0.25) is 0 Å². The van der Waals surface area contributed by atoms with Crippen LogP contribution < -0.4 is 18.8 Å². The summed E-state index contributed by atoms with van der Waals surface area (Å²) in [7, 11) is 1.99. The van der Waals surface area contributed by atoms with Gasteiger partial charge in [-0.25, -0.2) is 0 Å². The first-order valence-corrected chi connectivity index (χ1v) is 9.00. The van der Waals surface area contributed by atoms with Crippen molar-refractivity contribution in [3.63, 3.8) is 0 Å². The zero-order chi connectivity index (χ0) is 18.7. The van der Waals surface area contributed by atoms with Crippen LogP contribution in [0, 0.1) is 0 Å². The fraction of sp³-hybridized carbons (Fsp3) is 0.227. The summed E-state index contributed by atoms with van der Waals surface area (Å²) in [6.07, 6.45) is 1.94. The molecule has 0 radical (unpaired) electrons. The third kappa shape index (κ3) is 2.35. The summed E-state index contributed by atoms with van der Waals surface area (Å²) in [5.74, 6) is 2.21. The Bertz CT molecular complexity index is 1230. The summed E-state index contributed by atoms with van der Waals surface area (Å²) in [4.78, 5) is 0. The standard InChI is InChI=1S/C22H19NO4/c1-12(2)27-18-7-6-14-15-5-4-13-8-19-20(26-11-25-19)9-16(13)21(15)23(3)10-17(14)22(18)24/h4-10,12H,11H2,1-3H3/p+1. The molecule has 0 saturated carbocycles. The average molecular weight is 362 g/mol. The van der Waals surface area contributed by atoms with Gasteiger partial charge < -0.3 is 19.3 Å². The number of aryl methyl sites for hydroxylation is 1. The number of aromatic hydroxyl groups is 1. The van der Waals surface area contributed by atoms with E-state index in [2.05, 4.69) is 12.1 Å². The van der Waals surface area contributed by atoms with Gasteiger partial charge in [-0.2, -0.15) is 4.57 Å². The molecule has 1 aliphatic rings. The van der Waals surface area contributed by atoms with Crippen LogP contribution in [0.5, 0.6) is 23.0 Å². The molecule has 0 spiro atoms. The highest BCUT2D eigenvalue weighted by Crippen LogP contribution is 2.41. The van der Waals surface area contributed by atoms with Gasteiger partial charge in [0.15, 0.2) is 29.2 Å². The molecule has 5 rings (SSSR count). The van der Waals surface area contributed by atoms with E-state index in [9.17, 15) is 5.11 Å². The van der Waals surface area contributed by atoms with Gasteiger partial charge in [0.05, 0.1) is 22.3 Å². The van der Waals surface area contributed by atoms with E-state index >= 15 is 0 Å². The lowest BCUT2D eigenvalue weighted by Crippen LogP contribution is -2.28. The number of pyridine rings is 1. The molecule has 1 aromatic heterocycles. The van der Waals surface area contributed by atoms with E-state index in [1.165, 1.54) is 0 Å². The van der Waals surface area contributed by atoms with Gasteiger partial charge in [0.25, 0.3) is 0 Å². The zero-order valence-corrected chi connectivity index (χ0v) is 15.4. The van der Waals surface area contributed by atoms with Crippen molar-refractivity contribution >= 4 is 32.4 Å². The first-order chi connectivity index (χ1) is 13.0. The minimum absolute atomic E-state index is 0.00388. The third-order valence-corrected chi connectivity index (χ3v) is 4.99. The maximum atomic E-state index is 10.7. The van der Waals surface area contributed by atoms with Gasteiger partial charge in [-0.15, -0.1) is 0 Å². The number of rotatable bonds is 2. The molecule has 0 fully saturated rings. The maximum Gasteiger partial charge on any atom is 0.231 e. The smallest absolute Gasteiger partial charge is 0.231 e. The number of benzene rings is 3. The number of ether oxygens (including phenoxy) is 3. The molecule has 0 atom stereocenters. The Morgan fingerprint density at radius 3 is 2.48 bits per heavy atom. The van der Waals surface area contributed by atoms with E-state index in [0.29, 0.717) is 5.75 Å². The molecule has 1 aliphatic heterocycles. The monoisotopic (exact) mass is 362 g/mol. The van der Waals surface area contributed by atoms with E-state index in [1.807, 2.05) is 55.9 Å². The van der Waals surface area contributed by atoms with E-state index in [0.717, 1.165) is 43.9 Å². The van der Waals surface area contributed by atoms with Crippen molar-refractivity contribution in [1.29, 1.82) is 0 Å². The first-order valence-electron chi connectivity index (χ1n) is 9.00. The fourth-order valence-corrected chi connectivity index (χ4v) is 3.86. The molecule has 0 saturated heterocycles. The fourth-order valence-electron chi connectivity index (χ4n) is 3.86. The Labute approximate surface area is 156 Å². The summed E-state index contributed by atoms with van der Waals surface area (Å²) in [5, 5.41) is 15.7. The number of hydrogen-bond donors (Lipinski definition) is 1. The lowest BCUT2D eigenvalue weighted by Gasteiger charge is -2.13. The maximum absolute atomic E-state index is 10.7. The molecule has 3 aromatic carbocycles. The second kappa shape index (κ2) is 5.64. The van der Waals surface area contributed by atoms with E-state index in [1.54, 1.807) is 0 Å². The van der Waals surface area contributed by atoms with E-state index in [-0.39, 0.29) is 18.6 Å². The summed E-state index contributed by atoms with van der Waals surface area (Å²) in [6, 6.07) is 12.1. The Morgan fingerprint density at radius 1 is 0.963 bits per heavy atom. The lowest BCUT2D eigenvalue weighted by molar-refractivity contribution is -0.642. The molecule has 0 amide bonds. The molecule has 5 heteroatoms. The SMILES string of the molecule is CC(C)Oc1ccc2c(c[n+](C)c3c4cc5c(cc4ccc23)OCO5)c1O. The quantitative estimate of drug-likeness (QED) is 0.429. The Morgan fingerprint density at radius 2 is 1.70 bits per heavy atom. The summed E-state index contributed by atoms with van der Waals surface area (Å²) < 4.78 is 18.8. The van der Waals surface area contributed by atoms with Crippen LogP contribution in [-0.4, -0.2) is 18.0 Å². The number of nitrogens with zero attached hydrogens (tertiary/aromatic N) is 1. The average Bonchev–Trinajstić information content (AvgIpc) is 3.09. The van der Waals surface area contributed by atoms with Gasteiger partial charge in [-0.05, 0) is 49.6 Å². The molecule has 2 heterocycles. The van der Waals surface area contributed by atoms with Crippen molar-refractivity contribution in [2.75, 3.05) is 6.79 Å². The minimum atomic E-state index is -0.00388. The zero-order valence-electron chi connectivity index (χ0n) is 15.4. The van der Waals surface area contributed by atoms with Crippen molar-refractivity contribution in [2.45, 2.75) is 20.0 Å². The minimum Gasteiger partial charge on any atom is -0.504 e. The third-order valence-electron chi connectivity index (χ3n) is 4.99. The molecule has 27 heavy (non-hydrogen) atoms. The second-order valence-corrected chi connectivity index (χ2v) is 7.17. The molecule has 5 nitrogen and oxygen atoms in total. The number of hydrogen-bond acceptors (Lipinski definition) is 4. The number of fused-ring (bicyclic) bond motifs is 6. The number of phenols is 1. The molecule has 1 N–H and O–H groups in total. The van der Waals surface area contributed by atoms with E-state index in [4.69, 9.17) is 14.2 Å². The Hall–Kier alpha value is -3.21. The van der Waals surface area contributed by atoms with Crippen molar-refractivity contribution in [1.82, 2.24) is 0 Å². The topological polar surface area (TPSA) is 51.8 Å². The number of aromatic nitrogens is 1.